The number of rotatable bonds is 4. The molecule has 0 spiro atoms. The van der Waals surface area contributed by atoms with Crippen molar-refractivity contribution in [3.63, 3.8) is 0 Å². The molecule has 0 radical (unpaired) electrons. The Morgan fingerprint density at radius 3 is 2.43 bits per heavy atom. The van der Waals surface area contributed by atoms with Gasteiger partial charge in [0.15, 0.2) is 5.89 Å². The molecule has 0 atom stereocenters. The smallest absolute Gasteiger partial charge is 0.243 e. The third-order valence-electron chi connectivity index (χ3n) is 4.31. The summed E-state index contributed by atoms with van der Waals surface area (Å²) in [7, 11) is -3.44. The highest BCUT2D eigenvalue weighted by Crippen LogP contribution is 2.25. The van der Waals surface area contributed by atoms with Crippen LogP contribution in [-0.2, 0) is 10.0 Å². The Balaban J connectivity index is 1.78. The Morgan fingerprint density at radius 1 is 1.26 bits per heavy atom. The van der Waals surface area contributed by atoms with E-state index in [0.717, 1.165) is 18.4 Å². The number of piperidine rings is 1. The third kappa shape index (κ3) is 3.31. The first-order valence-electron chi connectivity index (χ1n) is 7.73. The van der Waals surface area contributed by atoms with Crippen molar-refractivity contribution >= 4 is 10.0 Å². The average molecular weight is 335 g/mol. The van der Waals surface area contributed by atoms with Crippen LogP contribution in [-0.4, -0.2) is 37.3 Å². The minimum Gasteiger partial charge on any atom is -0.449 e. The second-order valence-electron chi connectivity index (χ2n) is 5.86. The summed E-state index contributed by atoms with van der Waals surface area (Å²) >= 11 is 0. The summed E-state index contributed by atoms with van der Waals surface area (Å²) in [5.41, 5.74) is 7.20. The van der Waals surface area contributed by atoms with E-state index in [1.807, 2.05) is 0 Å². The standard InChI is InChI=1S/C16H21N3O3S/c1-12-18-16(11-22-12)14-2-4-15(5-3-14)23(20,21)19-8-6-13(10-17)7-9-19/h2-5,11,13H,6-10,17H2,1H3. The van der Waals surface area contributed by atoms with Crippen LogP contribution in [0.25, 0.3) is 11.3 Å². The van der Waals surface area contributed by atoms with Crippen LogP contribution < -0.4 is 5.73 Å². The minimum absolute atomic E-state index is 0.313. The van der Waals surface area contributed by atoms with Crippen LogP contribution in [0.1, 0.15) is 18.7 Å². The summed E-state index contributed by atoms with van der Waals surface area (Å²) in [5, 5.41) is 0. The molecule has 1 fully saturated rings. The highest BCUT2D eigenvalue weighted by Gasteiger charge is 2.28. The molecule has 124 valence electrons. The lowest BCUT2D eigenvalue weighted by molar-refractivity contribution is 0.278. The molecule has 1 aliphatic rings. The third-order valence-corrected chi connectivity index (χ3v) is 6.23. The van der Waals surface area contributed by atoms with Gasteiger partial charge in [0.25, 0.3) is 0 Å². The topological polar surface area (TPSA) is 89.4 Å². The number of benzene rings is 1. The zero-order valence-electron chi connectivity index (χ0n) is 13.1. The average Bonchev–Trinajstić information content (AvgIpc) is 3.01. The number of oxazole rings is 1. The number of nitrogens with two attached hydrogens (primary N) is 1. The quantitative estimate of drug-likeness (QED) is 0.923. The van der Waals surface area contributed by atoms with Gasteiger partial charge in [-0.1, -0.05) is 12.1 Å². The minimum atomic E-state index is -3.44. The van der Waals surface area contributed by atoms with E-state index in [-0.39, 0.29) is 0 Å². The monoisotopic (exact) mass is 335 g/mol. The Morgan fingerprint density at radius 2 is 1.91 bits per heavy atom. The van der Waals surface area contributed by atoms with Crippen LogP contribution in [0.5, 0.6) is 0 Å². The molecule has 7 heteroatoms. The molecule has 0 aliphatic carbocycles. The highest BCUT2D eigenvalue weighted by molar-refractivity contribution is 7.89. The number of aromatic nitrogens is 1. The van der Waals surface area contributed by atoms with Crippen LogP contribution in [0.2, 0.25) is 0 Å². The summed E-state index contributed by atoms with van der Waals surface area (Å²) < 4.78 is 32.1. The summed E-state index contributed by atoms with van der Waals surface area (Å²) in [6.45, 7) is 3.47. The van der Waals surface area contributed by atoms with Crippen molar-refractivity contribution in [2.24, 2.45) is 11.7 Å². The molecule has 0 bridgehead atoms. The lowest BCUT2D eigenvalue weighted by Gasteiger charge is -2.30. The van der Waals surface area contributed by atoms with E-state index < -0.39 is 10.0 Å². The first kappa shape index (κ1) is 16.2. The van der Waals surface area contributed by atoms with Crippen LogP contribution in [0.4, 0.5) is 0 Å². The van der Waals surface area contributed by atoms with Crippen LogP contribution in [0, 0.1) is 12.8 Å². The zero-order chi connectivity index (χ0) is 16.4. The molecule has 6 nitrogen and oxygen atoms in total. The van der Waals surface area contributed by atoms with Crippen molar-refractivity contribution in [3.8, 4) is 11.3 Å². The summed E-state index contributed by atoms with van der Waals surface area (Å²) in [6, 6.07) is 6.78. The second kappa shape index (κ2) is 6.43. The van der Waals surface area contributed by atoms with E-state index in [4.69, 9.17) is 10.2 Å². The van der Waals surface area contributed by atoms with Gasteiger partial charge in [0.2, 0.25) is 10.0 Å². The molecular weight excluding hydrogens is 314 g/mol. The fourth-order valence-corrected chi connectivity index (χ4v) is 4.30. The number of hydrogen-bond donors (Lipinski definition) is 1. The van der Waals surface area contributed by atoms with Crippen molar-refractivity contribution in [3.05, 3.63) is 36.4 Å². The normalized spacial score (nSPS) is 17.5. The van der Waals surface area contributed by atoms with Gasteiger partial charge in [-0.05, 0) is 37.4 Å². The second-order valence-corrected chi connectivity index (χ2v) is 7.80. The van der Waals surface area contributed by atoms with Gasteiger partial charge in [0, 0.05) is 25.6 Å². The van der Waals surface area contributed by atoms with Crippen molar-refractivity contribution < 1.29 is 12.8 Å². The lowest BCUT2D eigenvalue weighted by Crippen LogP contribution is -2.39. The molecule has 0 saturated carbocycles. The van der Waals surface area contributed by atoms with Crippen LogP contribution in [0.15, 0.2) is 39.8 Å². The van der Waals surface area contributed by atoms with E-state index in [2.05, 4.69) is 4.98 Å². The van der Waals surface area contributed by atoms with E-state index >= 15 is 0 Å². The van der Waals surface area contributed by atoms with E-state index in [1.165, 1.54) is 0 Å². The predicted molar refractivity (Wildman–Crippen MR) is 87.2 cm³/mol. The number of hydrogen-bond acceptors (Lipinski definition) is 5. The highest BCUT2D eigenvalue weighted by atomic mass is 32.2. The Hall–Kier alpha value is -1.70. The number of nitrogens with zero attached hydrogens (tertiary/aromatic N) is 2. The van der Waals surface area contributed by atoms with Gasteiger partial charge in [-0.3, -0.25) is 0 Å². The molecule has 2 aromatic rings. The van der Waals surface area contributed by atoms with Crippen LogP contribution >= 0.6 is 0 Å². The van der Waals surface area contributed by atoms with E-state index in [9.17, 15) is 8.42 Å². The van der Waals surface area contributed by atoms with E-state index in [0.29, 0.717) is 42.0 Å². The maximum Gasteiger partial charge on any atom is 0.243 e. The van der Waals surface area contributed by atoms with Gasteiger partial charge in [-0.15, -0.1) is 0 Å². The van der Waals surface area contributed by atoms with Gasteiger partial charge in [-0.2, -0.15) is 4.31 Å². The Bertz CT molecular complexity index is 760. The molecule has 1 aromatic heterocycles. The molecule has 1 aromatic carbocycles. The maximum atomic E-state index is 12.7. The maximum absolute atomic E-state index is 12.7. The van der Waals surface area contributed by atoms with Crippen molar-refractivity contribution in [2.45, 2.75) is 24.7 Å². The van der Waals surface area contributed by atoms with E-state index in [1.54, 1.807) is 41.8 Å². The molecule has 3 rings (SSSR count). The van der Waals surface area contributed by atoms with Gasteiger partial charge >= 0.3 is 0 Å². The SMILES string of the molecule is Cc1nc(-c2ccc(S(=O)(=O)N3CCC(CN)CC3)cc2)co1. The molecule has 2 N–H and O–H groups in total. The first-order chi connectivity index (χ1) is 11.0. The summed E-state index contributed by atoms with van der Waals surface area (Å²) in [6.07, 6.45) is 3.22. The molecule has 2 heterocycles. The predicted octanol–water partition coefficient (Wildman–Crippen LogP) is 2.01. The van der Waals surface area contributed by atoms with Crippen molar-refractivity contribution in [1.82, 2.24) is 9.29 Å². The van der Waals surface area contributed by atoms with Crippen molar-refractivity contribution in [1.29, 1.82) is 0 Å². The molecule has 1 aliphatic heterocycles. The number of aryl methyl sites for hydroxylation is 1. The molecule has 23 heavy (non-hydrogen) atoms. The summed E-state index contributed by atoms with van der Waals surface area (Å²) in [5.74, 6) is 1.01. The van der Waals surface area contributed by atoms with Gasteiger partial charge in [-0.25, -0.2) is 13.4 Å². The fraction of sp³-hybridized carbons (Fsp3) is 0.438. The van der Waals surface area contributed by atoms with Crippen LogP contribution in [0.3, 0.4) is 0 Å². The van der Waals surface area contributed by atoms with Crippen molar-refractivity contribution in [2.75, 3.05) is 19.6 Å². The lowest BCUT2D eigenvalue weighted by atomic mass is 9.99. The molecular formula is C16H21N3O3S. The Labute approximate surface area is 136 Å². The zero-order valence-corrected chi connectivity index (χ0v) is 13.9. The van der Waals surface area contributed by atoms with Gasteiger partial charge < -0.3 is 10.2 Å². The molecule has 1 saturated heterocycles. The fourth-order valence-electron chi connectivity index (χ4n) is 2.83. The number of sulfonamides is 1. The summed E-state index contributed by atoms with van der Waals surface area (Å²) in [4.78, 5) is 4.55. The molecule has 0 amide bonds. The Kier molecular flexibility index (Phi) is 4.52. The largest absolute Gasteiger partial charge is 0.449 e. The first-order valence-corrected chi connectivity index (χ1v) is 9.17. The van der Waals surface area contributed by atoms with Gasteiger partial charge in [0.05, 0.1) is 4.90 Å². The van der Waals surface area contributed by atoms with Gasteiger partial charge in [0.1, 0.15) is 12.0 Å². The molecule has 0 unspecified atom stereocenters.